The molecule has 0 atom stereocenters. The molecule has 24 heavy (non-hydrogen) atoms. The molecule has 0 saturated heterocycles. The largest absolute Gasteiger partial charge is 0.295 e. The Kier molecular flexibility index (Phi) is 20.0. The van der Waals surface area contributed by atoms with Gasteiger partial charge in [-0.1, -0.05) is 110 Å². The molecule has 0 rings (SSSR count). The molecule has 0 saturated carbocycles. The van der Waals surface area contributed by atoms with E-state index in [1.165, 1.54) is 96.3 Å². The minimum absolute atomic E-state index is 0.328. The van der Waals surface area contributed by atoms with Gasteiger partial charge in [0.25, 0.3) is 0 Å². The number of rotatable bonds is 19. The maximum atomic E-state index is 11.7. The molecule has 0 aromatic heterocycles. The van der Waals surface area contributed by atoms with E-state index in [2.05, 4.69) is 19.9 Å². The topological polar surface area (TPSA) is 17.1 Å². The number of allylic oxidation sites excluding steroid dienone is 2. The van der Waals surface area contributed by atoms with E-state index >= 15 is 0 Å². The van der Waals surface area contributed by atoms with Crippen LogP contribution in [0.25, 0.3) is 0 Å². The second kappa shape index (κ2) is 20.5. The van der Waals surface area contributed by atoms with Crippen LogP contribution in [0.3, 0.4) is 0 Å². The zero-order valence-corrected chi connectivity index (χ0v) is 16.8. The normalized spacial score (nSPS) is 11.4. The van der Waals surface area contributed by atoms with Crippen molar-refractivity contribution >= 4 is 5.78 Å². The molecule has 0 N–H and O–H groups in total. The molecule has 0 aliphatic rings. The molecule has 1 nitrogen and oxygen atoms in total. The van der Waals surface area contributed by atoms with E-state index in [1.54, 1.807) is 0 Å². The summed E-state index contributed by atoms with van der Waals surface area (Å²) in [6.45, 7) is 4.49. The standard InChI is InChI=1S/C23H44O/c1-3-5-7-9-10-11-12-13-14-15-16-18-20-22-23(24)21-19-17-8-6-4-2/h19,21H,3-18,20,22H2,1-2H3. The van der Waals surface area contributed by atoms with E-state index < -0.39 is 0 Å². The summed E-state index contributed by atoms with van der Waals surface area (Å²) in [5.74, 6) is 0.328. The molecule has 0 bridgehead atoms. The van der Waals surface area contributed by atoms with Crippen molar-refractivity contribution in [1.82, 2.24) is 0 Å². The minimum Gasteiger partial charge on any atom is -0.295 e. The molecule has 0 spiro atoms. The maximum Gasteiger partial charge on any atom is 0.155 e. The van der Waals surface area contributed by atoms with E-state index in [1.807, 2.05) is 6.08 Å². The first-order chi connectivity index (χ1) is 11.8. The highest BCUT2D eigenvalue weighted by molar-refractivity contribution is 5.89. The Labute approximate surface area is 152 Å². The predicted molar refractivity (Wildman–Crippen MR) is 109 cm³/mol. The Morgan fingerprint density at radius 3 is 1.50 bits per heavy atom. The van der Waals surface area contributed by atoms with Gasteiger partial charge in [0.1, 0.15) is 0 Å². The lowest BCUT2D eigenvalue weighted by molar-refractivity contribution is -0.114. The maximum absolute atomic E-state index is 11.7. The van der Waals surface area contributed by atoms with Gasteiger partial charge in [-0.3, -0.25) is 4.79 Å². The number of carbonyl (C=O) groups is 1. The van der Waals surface area contributed by atoms with Crippen LogP contribution in [0, 0.1) is 0 Å². The second-order valence-electron chi connectivity index (χ2n) is 7.36. The van der Waals surface area contributed by atoms with Gasteiger partial charge >= 0.3 is 0 Å². The SMILES string of the molecule is CCCCCC=CC(=O)CCCCCCCCCCCCCCC. The third kappa shape index (κ3) is 19.5. The molecule has 0 aliphatic carbocycles. The summed E-state index contributed by atoms with van der Waals surface area (Å²) in [7, 11) is 0. The quantitative estimate of drug-likeness (QED) is 0.172. The van der Waals surface area contributed by atoms with E-state index in [-0.39, 0.29) is 0 Å². The Balaban J connectivity index is 3.17. The molecule has 0 amide bonds. The Hall–Kier alpha value is -0.590. The predicted octanol–water partition coefficient (Wildman–Crippen LogP) is 8.17. The van der Waals surface area contributed by atoms with Gasteiger partial charge in [0.05, 0.1) is 0 Å². The Morgan fingerprint density at radius 2 is 1.00 bits per heavy atom. The summed E-state index contributed by atoms with van der Waals surface area (Å²) in [4.78, 5) is 11.7. The monoisotopic (exact) mass is 336 g/mol. The molecule has 1 heteroatoms. The molecular weight excluding hydrogens is 292 g/mol. The smallest absolute Gasteiger partial charge is 0.155 e. The fourth-order valence-corrected chi connectivity index (χ4v) is 3.13. The summed E-state index contributed by atoms with van der Waals surface area (Å²) >= 11 is 0. The van der Waals surface area contributed by atoms with Crippen molar-refractivity contribution in [3.8, 4) is 0 Å². The summed E-state index contributed by atoms with van der Waals surface area (Å²) in [6, 6.07) is 0. The zero-order chi connectivity index (χ0) is 17.7. The number of unbranched alkanes of at least 4 members (excludes halogenated alkanes) is 15. The highest BCUT2D eigenvalue weighted by Crippen LogP contribution is 2.13. The molecule has 0 radical (unpaired) electrons. The van der Waals surface area contributed by atoms with Crippen LogP contribution in [0.2, 0.25) is 0 Å². The summed E-state index contributed by atoms with van der Waals surface area (Å²) < 4.78 is 0. The van der Waals surface area contributed by atoms with Crippen molar-refractivity contribution in [3.05, 3.63) is 12.2 Å². The Bertz CT molecular complexity index is 280. The molecule has 0 aliphatic heterocycles. The lowest BCUT2D eigenvalue weighted by Crippen LogP contribution is -1.92. The molecule has 0 unspecified atom stereocenters. The number of carbonyl (C=O) groups excluding carboxylic acids is 1. The van der Waals surface area contributed by atoms with Gasteiger partial charge in [-0.05, 0) is 25.3 Å². The highest BCUT2D eigenvalue weighted by Gasteiger charge is 1.97. The van der Waals surface area contributed by atoms with Crippen molar-refractivity contribution < 1.29 is 4.79 Å². The van der Waals surface area contributed by atoms with Crippen molar-refractivity contribution in [3.63, 3.8) is 0 Å². The van der Waals surface area contributed by atoms with Crippen LogP contribution in [0.15, 0.2) is 12.2 Å². The third-order valence-electron chi connectivity index (χ3n) is 4.80. The summed E-state index contributed by atoms with van der Waals surface area (Å²) in [5.41, 5.74) is 0. The van der Waals surface area contributed by atoms with Crippen molar-refractivity contribution in [1.29, 1.82) is 0 Å². The van der Waals surface area contributed by atoms with E-state index in [9.17, 15) is 4.79 Å². The molecule has 0 heterocycles. The first-order valence-electron chi connectivity index (χ1n) is 11.0. The molecule has 0 aromatic rings. The van der Waals surface area contributed by atoms with Crippen LogP contribution in [-0.2, 0) is 4.79 Å². The van der Waals surface area contributed by atoms with Crippen LogP contribution in [0.5, 0.6) is 0 Å². The molecular formula is C23H44O. The number of ketones is 1. The van der Waals surface area contributed by atoms with Gasteiger partial charge in [-0.25, -0.2) is 0 Å². The first-order valence-corrected chi connectivity index (χ1v) is 11.0. The lowest BCUT2D eigenvalue weighted by atomic mass is 10.0. The van der Waals surface area contributed by atoms with Gasteiger partial charge in [0.15, 0.2) is 5.78 Å². The first kappa shape index (κ1) is 23.4. The van der Waals surface area contributed by atoms with E-state index in [4.69, 9.17) is 0 Å². The van der Waals surface area contributed by atoms with Crippen LogP contribution in [-0.4, -0.2) is 5.78 Å². The van der Waals surface area contributed by atoms with Crippen LogP contribution >= 0.6 is 0 Å². The summed E-state index contributed by atoms with van der Waals surface area (Å²) in [6.07, 6.45) is 27.2. The highest BCUT2D eigenvalue weighted by atomic mass is 16.1. The van der Waals surface area contributed by atoms with Crippen molar-refractivity contribution in [2.24, 2.45) is 0 Å². The molecule has 0 aromatic carbocycles. The average molecular weight is 337 g/mol. The van der Waals surface area contributed by atoms with E-state index in [0.717, 1.165) is 19.3 Å². The molecule has 0 fully saturated rings. The van der Waals surface area contributed by atoms with Gasteiger partial charge in [0.2, 0.25) is 0 Å². The Morgan fingerprint density at radius 1 is 0.583 bits per heavy atom. The van der Waals surface area contributed by atoms with E-state index in [0.29, 0.717) is 5.78 Å². The fraction of sp³-hybridized carbons (Fsp3) is 0.870. The number of hydrogen-bond acceptors (Lipinski definition) is 1. The number of hydrogen-bond donors (Lipinski definition) is 0. The minimum atomic E-state index is 0.328. The lowest BCUT2D eigenvalue weighted by Gasteiger charge is -2.02. The van der Waals surface area contributed by atoms with Gasteiger partial charge in [0, 0.05) is 6.42 Å². The van der Waals surface area contributed by atoms with Gasteiger partial charge < -0.3 is 0 Å². The fourth-order valence-electron chi connectivity index (χ4n) is 3.13. The summed E-state index contributed by atoms with van der Waals surface area (Å²) in [5, 5.41) is 0. The van der Waals surface area contributed by atoms with Crippen LogP contribution in [0.1, 0.15) is 129 Å². The third-order valence-corrected chi connectivity index (χ3v) is 4.80. The van der Waals surface area contributed by atoms with Gasteiger partial charge in [-0.15, -0.1) is 0 Å². The van der Waals surface area contributed by atoms with Crippen molar-refractivity contribution in [2.75, 3.05) is 0 Å². The zero-order valence-electron chi connectivity index (χ0n) is 16.8. The molecule has 142 valence electrons. The van der Waals surface area contributed by atoms with Crippen LogP contribution < -0.4 is 0 Å². The van der Waals surface area contributed by atoms with Gasteiger partial charge in [-0.2, -0.15) is 0 Å². The van der Waals surface area contributed by atoms with Crippen molar-refractivity contribution in [2.45, 2.75) is 129 Å². The second-order valence-corrected chi connectivity index (χ2v) is 7.36. The average Bonchev–Trinajstić information content (AvgIpc) is 2.59. The van der Waals surface area contributed by atoms with Crippen LogP contribution in [0.4, 0.5) is 0 Å².